The van der Waals surface area contributed by atoms with Crippen LogP contribution in [0, 0.1) is 5.82 Å². The van der Waals surface area contributed by atoms with Crippen molar-refractivity contribution in [1.82, 2.24) is 4.90 Å². The lowest BCUT2D eigenvalue weighted by Gasteiger charge is -2.35. The minimum atomic E-state index is -0.650. The Hall–Kier alpha value is -1.46. The molecule has 20 heavy (non-hydrogen) atoms. The van der Waals surface area contributed by atoms with Crippen LogP contribution in [0.5, 0.6) is 0 Å². The van der Waals surface area contributed by atoms with Crippen molar-refractivity contribution in [2.45, 2.75) is 32.6 Å². The number of benzene rings is 1. The summed E-state index contributed by atoms with van der Waals surface area (Å²) in [5.74, 6) is -1.19. The van der Waals surface area contributed by atoms with Gasteiger partial charge in [-0.1, -0.05) is 6.07 Å². The second-order valence-electron chi connectivity index (χ2n) is 5.26. The van der Waals surface area contributed by atoms with Crippen molar-refractivity contribution in [3.8, 4) is 0 Å². The lowest BCUT2D eigenvalue weighted by molar-refractivity contribution is -0.0705. The lowest BCUT2D eigenvalue weighted by atomic mass is 10.1. The number of carbonyl (C=O) groups is 1. The second-order valence-corrected chi connectivity index (χ2v) is 5.26. The Balaban J connectivity index is 2.07. The molecule has 0 spiro atoms. The van der Waals surface area contributed by atoms with E-state index >= 15 is 0 Å². The van der Waals surface area contributed by atoms with Gasteiger partial charge in [-0.25, -0.2) is 9.18 Å². The van der Waals surface area contributed by atoms with E-state index < -0.39 is 11.8 Å². The Morgan fingerprint density at radius 2 is 2.05 bits per heavy atom. The number of methoxy groups -OCH3 is 1. The van der Waals surface area contributed by atoms with Crippen molar-refractivity contribution in [3.05, 3.63) is 35.1 Å². The quantitative estimate of drug-likeness (QED) is 0.796. The average Bonchev–Trinajstić information content (AvgIpc) is 2.36. The molecule has 2 rings (SSSR count). The predicted octanol–water partition coefficient (Wildman–Crippen LogP) is 2.22. The second kappa shape index (κ2) is 6.33. The molecule has 0 saturated carbocycles. The van der Waals surface area contributed by atoms with Crippen LogP contribution in [0.3, 0.4) is 0 Å². The van der Waals surface area contributed by atoms with Gasteiger partial charge in [-0.2, -0.15) is 0 Å². The van der Waals surface area contributed by atoms with Crippen molar-refractivity contribution in [1.29, 1.82) is 0 Å². The van der Waals surface area contributed by atoms with Gasteiger partial charge in [-0.05, 0) is 31.5 Å². The monoisotopic (exact) mass is 281 g/mol. The van der Waals surface area contributed by atoms with E-state index in [9.17, 15) is 9.18 Å². The normalized spacial score (nSPS) is 23.6. The fourth-order valence-corrected chi connectivity index (χ4v) is 2.60. The van der Waals surface area contributed by atoms with E-state index in [1.807, 2.05) is 13.8 Å². The van der Waals surface area contributed by atoms with Crippen molar-refractivity contribution >= 4 is 5.97 Å². The lowest BCUT2D eigenvalue weighted by Crippen LogP contribution is -2.44. The summed E-state index contributed by atoms with van der Waals surface area (Å²) in [6.07, 6.45) is 0.357. The molecule has 0 N–H and O–H groups in total. The number of carbonyl (C=O) groups excluding carboxylic acids is 1. The van der Waals surface area contributed by atoms with Crippen molar-refractivity contribution in [2.75, 3.05) is 20.2 Å². The number of rotatable bonds is 3. The van der Waals surface area contributed by atoms with E-state index in [1.54, 1.807) is 6.07 Å². The molecule has 0 radical (unpaired) electrons. The Morgan fingerprint density at radius 1 is 1.40 bits per heavy atom. The summed E-state index contributed by atoms with van der Waals surface area (Å²) >= 11 is 0. The highest BCUT2D eigenvalue weighted by atomic mass is 19.1. The zero-order chi connectivity index (χ0) is 14.7. The van der Waals surface area contributed by atoms with Crippen LogP contribution in [-0.4, -0.2) is 43.3 Å². The molecule has 5 heteroatoms. The average molecular weight is 281 g/mol. The predicted molar refractivity (Wildman–Crippen MR) is 73.0 cm³/mol. The summed E-state index contributed by atoms with van der Waals surface area (Å²) in [7, 11) is 1.24. The maximum atomic E-state index is 13.9. The Morgan fingerprint density at radius 3 is 2.60 bits per heavy atom. The SMILES string of the molecule is COC(=O)c1ccc(CN2CC(C)OC(C)C2)cc1F. The van der Waals surface area contributed by atoms with E-state index in [1.165, 1.54) is 19.2 Å². The third-order valence-electron chi connectivity index (χ3n) is 3.34. The summed E-state index contributed by atoms with van der Waals surface area (Å²) in [6.45, 7) is 6.36. The molecule has 110 valence electrons. The van der Waals surface area contributed by atoms with Gasteiger partial charge in [-0.3, -0.25) is 4.90 Å². The van der Waals surface area contributed by atoms with Gasteiger partial charge in [0.15, 0.2) is 0 Å². The third-order valence-corrected chi connectivity index (χ3v) is 3.34. The van der Waals surface area contributed by atoms with Gasteiger partial charge in [0, 0.05) is 19.6 Å². The highest BCUT2D eigenvalue weighted by molar-refractivity contribution is 5.89. The molecule has 4 nitrogen and oxygen atoms in total. The molecule has 1 aromatic carbocycles. The maximum Gasteiger partial charge on any atom is 0.340 e. The summed E-state index contributed by atoms with van der Waals surface area (Å²) in [4.78, 5) is 13.6. The maximum absolute atomic E-state index is 13.9. The van der Waals surface area contributed by atoms with Gasteiger partial charge in [0.2, 0.25) is 0 Å². The number of esters is 1. The summed E-state index contributed by atoms with van der Waals surface area (Å²) < 4.78 is 24.0. The third kappa shape index (κ3) is 3.55. The molecule has 1 aliphatic rings. The van der Waals surface area contributed by atoms with Crippen LogP contribution in [0.15, 0.2) is 18.2 Å². The van der Waals surface area contributed by atoms with Gasteiger partial charge in [0.05, 0.1) is 24.9 Å². The first kappa shape index (κ1) is 14.9. The highest BCUT2D eigenvalue weighted by Crippen LogP contribution is 2.17. The molecule has 0 bridgehead atoms. The van der Waals surface area contributed by atoms with Gasteiger partial charge < -0.3 is 9.47 Å². The van der Waals surface area contributed by atoms with E-state index in [0.29, 0.717) is 6.54 Å². The van der Waals surface area contributed by atoms with E-state index in [2.05, 4.69) is 9.64 Å². The fourth-order valence-electron chi connectivity index (χ4n) is 2.60. The summed E-state index contributed by atoms with van der Waals surface area (Å²) in [5, 5.41) is 0. The Kier molecular flexibility index (Phi) is 4.73. The van der Waals surface area contributed by atoms with Crippen LogP contribution in [0.2, 0.25) is 0 Å². The number of ether oxygens (including phenoxy) is 2. The van der Waals surface area contributed by atoms with Crippen LogP contribution >= 0.6 is 0 Å². The van der Waals surface area contributed by atoms with Crippen molar-refractivity contribution < 1.29 is 18.7 Å². The van der Waals surface area contributed by atoms with Gasteiger partial charge in [-0.15, -0.1) is 0 Å². The molecule has 1 heterocycles. The fraction of sp³-hybridized carbons (Fsp3) is 0.533. The molecule has 0 aliphatic carbocycles. The first-order chi connectivity index (χ1) is 9.49. The topological polar surface area (TPSA) is 38.8 Å². The number of nitrogens with zero attached hydrogens (tertiary/aromatic N) is 1. The van der Waals surface area contributed by atoms with Crippen LogP contribution < -0.4 is 0 Å². The van der Waals surface area contributed by atoms with E-state index in [-0.39, 0.29) is 17.8 Å². The van der Waals surface area contributed by atoms with Crippen LogP contribution in [-0.2, 0) is 16.0 Å². The standard InChI is InChI=1S/C15H20FNO3/c1-10-7-17(8-11(2)20-10)9-12-4-5-13(14(16)6-12)15(18)19-3/h4-6,10-11H,7-9H2,1-3H3. The summed E-state index contributed by atoms with van der Waals surface area (Å²) in [6, 6.07) is 4.64. The molecule has 1 fully saturated rings. The molecule has 1 aromatic rings. The van der Waals surface area contributed by atoms with Crippen molar-refractivity contribution in [2.24, 2.45) is 0 Å². The molecule has 1 aliphatic heterocycles. The molecular weight excluding hydrogens is 261 g/mol. The van der Waals surface area contributed by atoms with Crippen molar-refractivity contribution in [3.63, 3.8) is 0 Å². The van der Waals surface area contributed by atoms with Gasteiger partial charge in [0.25, 0.3) is 0 Å². The Labute approximate surface area is 118 Å². The smallest absolute Gasteiger partial charge is 0.340 e. The molecule has 2 unspecified atom stereocenters. The number of hydrogen-bond acceptors (Lipinski definition) is 4. The highest BCUT2D eigenvalue weighted by Gasteiger charge is 2.22. The molecule has 2 atom stereocenters. The minimum Gasteiger partial charge on any atom is -0.465 e. The molecule has 0 aromatic heterocycles. The minimum absolute atomic E-state index is 0.0278. The molecule has 0 amide bonds. The van der Waals surface area contributed by atoms with E-state index in [4.69, 9.17) is 4.74 Å². The summed E-state index contributed by atoms with van der Waals surface area (Å²) in [5.41, 5.74) is 0.816. The van der Waals surface area contributed by atoms with Crippen LogP contribution in [0.1, 0.15) is 29.8 Å². The molecule has 1 saturated heterocycles. The first-order valence-corrected chi connectivity index (χ1v) is 6.74. The van der Waals surface area contributed by atoms with Gasteiger partial charge in [0.1, 0.15) is 5.82 Å². The van der Waals surface area contributed by atoms with Crippen LogP contribution in [0.25, 0.3) is 0 Å². The first-order valence-electron chi connectivity index (χ1n) is 6.74. The van der Waals surface area contributed by atoms with E-state index in [0.717, 1.165) is 18.7 Å². The van der Waals surface area contributed by atoms with Gasteiger partial charge >= 0.3 is 5.97 Å². The number of morpholine rings is 1. The largest absolute Gasteiger partial charge is 0.465 e. The van der Waals surface area contributed by atoms with Crippen LogP contribution in [0.4, 0.5) is 4.39 Å². The number of halogens is 1. The molecular formula is C15H20FNO3. The Bertz CT molecular complexity index is 482. The number of hydrogen-bond donors (Lipinski definition) is 0. The zero-order valence-corrected chi connectivity index (χ0v) is 12.1. The zero-order valence-electron chi connectivity index (χ0n) is 12.1.